The van der Waals surface area contributed by atoms with Crippen LogP contribution in [0, 0.1) is 5.82 Å². The van der Waals surface area contributed by atoms with Gasteiger partial charge in [0.1, 0.15) is 5.82 Å². The summed E-state index contributed by atoms with van der Waals surface area (Å²) in [7, 11) is -2.32. The molecule has 0 atom stereocenters. The summed E-state index contributed by atoms with van der Waals surface area (Å²) in [5.41, 5.74) is 1.07. The fourth-order valence-electron chi connectivity index (χ4n) is 2.50. The van der Waals surface area contributed by atoms with Crippen molar-refractivity contribution in [2.45, 2.75) is 26.4 Å². The second kappa shape index (κ2) is 8.76. The molecule has 0 spiro atoms. The summed E-state index contributed by atoms with van der Waals surface area (Å²) >= 11 is 6.02. The van der Waals surface area contributed by atoms with Crippen LogP contribution in [0.4, 0.5) is 4.39 Å². The molecule has 0 aromatic heterocycles. The van der Waals surface area contributed by atoms with E-state index in [1.807, 2.05) is 37.3 Å². The molecule has 25 heavy (non-hydrogen) atoms. The minimum atomic E-state index is -3.75. The molecule has 7 heteroatoms. The Labute approximate surface area is 154 Å². The molecule has 0 N–H and O–H groups in total. The van der Waals surface area contributed by atoms with Crippen LogP contribution in [0.15, 0.2) is 48.5 Å². The molecule has 136 valence electrons. The van der Waals surface area contributed by atoms with Crippen LogP contribution in [0.2, 0.25) is 5.02 Å². The largest absolute Gasteiger partial charge is 0.282 e. The summed E-state index contributed by atoms with van der Waals surface area (Å²) < 4.78 is 42.4. The summed E-state index contributed by atoms with van der Waals surface area (Å²) in [6.07, 6.45) is 0.681. The first-order valence-corrected chi connectivity index (χ1v) is 9.82. The molecule has 4 nitrogen and oxygen atoms in total. The first kappa shape index (κ1) is 19.8. The Bertz CT molecular complexity index is 780. The van der Waals surface area contributed by atoms with Gasteiger partial charge in [0.2, 0.25) is 0 Å². The molecule has 0 aliphatic heterocycles. The minimum Gasteiger partial charge on any atom is -0.207 e. The molecular weight excluding hydrogens is 363 g/mol. The highest BCUT2D eigenvalue weighted by Crippen LogP contribution is 2.23. The molecule has 0 aliphatic rings. The van der Waals surface area contributed by atoms with Crippen LogP contribution in [-0.2, 0) is 23.3 Å². The molecule has 2 rings (SSSR count). The smallest absolute Gasteiger partial charge is 0.207 e. The van der Waals surface area contributed by atoms with E-state index < -0.39 is 16.0 Å². The van der Waals surface area contributed by atoms with Gasteiger partial charge in [0, 0.05) is 37.3 Å². The maximum Gasteiger partial charge on any atom is 0.282 e. The molecule has 2 aromatic rings. The topological polar surface area (TPSA) is 40.6 Å². The quantitative estimate of drug-likeness (QED) is 0.688. The highest BCUT2D eigenvalue weighted by molar-refractivity contribution is 7.86. The summed E-state index contributed by atoms with van der Waals surface area (Å²) in [4.78, 5) is 0. The lowest BCUT2D eigenvalue weighted by molar-refractivity contribution is 0.349. The number of benzene rings is 2. The maximum absolute atomic E-state index is 14.0. The van der Waals surface area contributed by atoms with E-state index in [2.05, 4.69) is 0 Å². The lowest BCUT2D eigenvalue weighted by Crippen LogP contribution is -2.41. The molecule has 0 amide bonds. The number of halogens is 2. The number of hydrogen-bond donors (Lipinski definition) is 0. The van der Waals surface area contributed by atoms with Crippen LogP contribution in [-0.4, -0.2) is 30.6 Å². The van der Waals surface area contributed by atoms with Crippen molar-refractivity contribution in [2.75, 3.05) is 13.6 Å². The second-order valence-electron chi connectivity index (χ2n) is 5.78. The van der Waals surface area contributed by atoms with Gasteiger partial charge in [0.05, 0.1) is 0 Å². The van der Waals surface area contributed by atoms with Crippen molar-refractivity contribution in [1.29, 1.82) is 0 Å². The summed E-state index contributed by atoms with van der Waals surface area (Å²) in [6.45, 7) is 2.45. The molecule has 0 fully saturated rings. The molecule has 0 bridgehead atoms. The average molecular weight is 385 g/mol. The average Bonchev–Trinajstić information content (AvgIpc) is 2.58. The predicted octanol–water partition coefficient (Wildman–Crippen LogP) is 4.07. The van der Waals surface area contributed by atoms with E-state index >= 15 is 0 Å². The van der Waals surface area contributed by atoms with Crippen LogP contribution in [0.25, 0.3) is 0 Å². The fourth-order valence-corrected chi connectivity index (χ4v) is 4.13. The Hall–Kier alpha value is -1.47. The van der Waals surface area contributed by atoms with E-state index in [0.717, 1.165) is 9.87 Å². The van der Waals surface area contributed by atoms with Gasteiger partial charge in [0.25, 0.3) is 10.2 Å². The van der Waals surface area contributed by atoms with Crippen molar-refractivity contribution in [3.63, 3.8) is 0 Å². The van der Waals surface area contributed by atoms with Gasteiger partial charge in [-0.1, -0.05) is 54.9 Å². The Kier molecular flexibility index (Phi) is 6.95. The zero-order valence-corrected chi connectivity index (χ0v) is 15.9. The molecule has 0 aliphatic carbocycles. The Morgan fingerprint density at radius 2 is 1.72 bits per heavy atom. The summed E-state index contributed by atoms with van der Waals surface area (Å²) in [6, 6.07) is 13.7. The van der Waals surface area contributed by atoms with Crippen molar-refractivity contribution < 1.29 is 12.8 Å². The van der Waals surface area contributed by atoms with Crippen LogP contribution in [0.1, 0.15) is 24.5 Å². The Morgan fingerprint density at radius 3 is 2.32 bits per heavy atom. The van der Waals surface area contributed by atoms with Gasteiger partial charge in [0.15, 0.2) is 0 Å². The molecule has 0 heterocycles. The lowest BCUT2D eigenvalue weighted by Gasteiger charge is -2.27. The van der Waals surface area contributed by atoms with Gasteiger partial charge < -0.3 is 0 Å². The molecular formula is C18H22ClFN2O2S. The van der Waals surface area contributed by atoms with Gasteiger partial charge in [-0.2, -0.15) is 17.0 Å². The normalized spacial score (nSPS) is 12.1. The standard InChI is InChI=1S/C18H22ClFN2O2S/c1-3-12-22(13-15-8-5-4-6-9-15)25(23,24)21(2)14-16-17(19)10-7-11-18(16)20/h4-11H,3,12-14H2,1-2H3. The third-order valence-corrected chi connectivity index (χ3v) is 6.07. The number of hydrogen-bond acceptors (Lipinski definition) is 2. The molecule has 0 unspecified atom stereocenters. The number of rotatable bonds is 8. The van der Waals surface area contributed by atoms with Crippen LogP contribution >= 0.6 is 11.6 Å². The van der Waals surface area contributed by atoms with Crippen molar-refractivity contribution in [3.05, 3.63) is 70.5 Å². The SMILES string of the molecule is CCCN(Cc1ccccc1)S(=O)(=O)N(C)Cc1c(F)cccc1Cl. The van der Waals surface area contributed by atoms with Crippen molar-refractivity contribution >= 4 is 21.8 Å². The third-order valence-electron chi connectivity index (χ3n) is 3.84. The van der Waals surface area contributed by atoms with Crippen LogP contribution in [0.3, 0.4) is 0 Å². The summed E-state index contributed by atoms with van der Waals surface area (Å²) in [5.74, 6) is -0.514. The zero-order chi connectivity index (χ0) is 18.4. The highest BCUT2D eigenvalue weighted by Gasteiger charge is 2.27. The Morgan fingerprint density at radius 1 is 1.04 bits per heavy atom. The molecule has 0 saturated heterocycles. The first-order chi connectivity index (χ1) is 11.9. The van der Waals surface area contributed by atoms with Crippen molar-refractivity contribution in [2.24, 2.45) is 0 Å². The van der Waals surface area contributed by atoms with Gasteiger partial charge in [-0.3, -0.25) is 0 Å². The van der Waals surface area contributed by atoms with E-state index in [9.17, 15) is 12.8 Å². The van der Waals surface area contributed by atoms with E-state index in [0.29, 0.717) is 13.0 Å². The number of nitrogens with zero attached hydrogens (tertiary/aromatic N) is 2. The fraction of sp³-hybridized carbons (Fsp3) is 0.333. The first-order valence-electron chi connectivity index (χ1n) is 8.04. The lowest BCUT2D eigenvalue weighted by atomic mass is 10.2. The van der Waals surface area contributed by atoms with Gasteiger partial charge in [-0.15, -0.1) is 0 Å². The van der Waals surface area contributed by atoms with Crippen molar-refractivity contribution in [3.8, 4) is 0 Å². The minimum absolute atomic E-state index is 0.122. The van der Waals surface area contributed by atoms with E-state index in [1.165, 1.54) is 23.5 Å². The maximum atomic E-state index is 14.0. The highest BCUT2D eigenvalue weighted by atomic mass is 35.5. The monoisotopic (exact) mass is 384 g/mol. The zero-order valence-electron chi connectivity index (χ0n) is 14.3. The van der Waals surface area contributed by atoms with Crippen LogP contribution < -0.4 is 0 Å². The van der Waals surface area contributed by atoms with E-state index in [4.69, 9.17) is 11.6 Å². The molecule has 0 saturated carbocycles. The predicted molar refractivity (Wildman–Crippen MR) is 98.9 cm³/mol. The Balaban J connectivity index is 2.23. The van der Waals surface area contributed by atoms with E-state index in [1.54, 1.807) is 6.07 Å². The second-order valence-corrected chi connectivity index (χ2v) is 8.23. The summed E-state index contributed by atoms with van der Waals surface area (Å²) in [5, 5.41) is 0.215. The van der Waals surface area contributed by atoms with Gasteiger partial charge in [-0.05, 0) is 24.1 Å². The molecule has 2 aromatic carbocycles. The molecule has 0 radical (unpaired) electrons. The van der Waals surface area contributed by atoms with Gasteiger partial charge >= 0.3 is 0 Å². The van der Waals surface area contributed by atoms with Crippen molar-refractivity contribution in [1.82, 2.24) is 8.61 Å². The third kappa shape index (κ3) is 5.01. The van der Waals surface area contributed by atoms with Gasteiger partial charge in [-0.25, -0.2) is 4.39 Å². The van der Waals surface area contributed by atoms with Crippen LogP contribution in [0.5, 0.6) is 0 Å². The van der Waals surface area contributed by atoms with E-state index in [-0.39, 0.29) is 23.7 Å².